The van der Waals surface area contributed by atoms with E-state index in [2.05, 4.69) is 5.32 Å². The summed E-state index contributed by atoms with van der Waals surface area (Å²) in [5.74, 6) is 0.480. The number of hydrogen-bond donors (Lipinski definition) is 2. The van der Waals surface area contributed by atoms with Crippen LogP contribution < -0.4 is 5.32 Å². The van der Waals surface area contributed by atoms with Crippen LogP contribution in [0.1, 0.15) is 13.8 Å². The van der Waals surface area contributed by atoms with E-state index in [1.165, 1.54) is 11.8 Å². The number of nitrogens with one attached hydrogen (secondary N) is 1. The lowest BCUT2D eigenvalue weighted by Gasteiger charge is -2.06. The van der Waals surface area contributed by atoms with Crippen LogP contribution in [0, 0.1) is 0 Å². The fourth-order valence-electron chi connectivity index (χ4n) is 0.519. The molecule has 0 aliphatic heterocycles. The van der Waals surface area contributed by atoms with Gasteiger partial charge < -0.3 is 10.4 Å². The largest absolute Gasteiger partial charge is 0.395 e. The quantitative estimate of drug-likeness (QED) is 0.632. The summed E-state index contributed by atoms with van der Waals surface area (Å²) < 4.78 is 0. The van der Waals surface area contributed by atoms with Gasteiger partial charge in [0.15, 0.2) is 0 Å². The van der Waals surface area contributed by atoms with Gasteiger partial charge in [0.05, 0.1) is 12.4 Å². The lowest BCUT2D eigenvalue weighted by atomic mass is 10.5. The van der Waals surface area contributed by atoms with Crippen molar-refractivity contribution < 1.29 is 9.90 Å². The molecular weight excluding hydrogens is 162 g/mol. The highest BCUT2D eigenvalue weighted by Gasteiger charge is 2.03. The maximum absolute atomic E-state index is 10.8. The zero-order chi connectivity index (χ0) is 8.69. The molecule has 0 saturated heterocycles. The highest BCUT2D eigenvalue weighted by Crippen LogP contribution is 2.07. The zero-order valence-electron chi connectivity index (χ0n) is 6.96. The van der Waals surface area contributed by atoms with E-state index in [1.54, 1.807) is 0 Å². The van der Waals surface area contributed by atoms with Gasteiger partial charge in [-0.3, -0.25) is 4.79 Å². The first-order valence-corrected chi connectivity index (χ1v) is 4.74. The van der Waals surface area contributed by atoms with Crippen molar-refractivity contribution in [3.8, 4) is 0 Å². The Hall–Kier alpha value is -0.220. The maximum Gasteiger partial charge on any atom is 0.229 e. The highest BCUT2D eigenvalue weighted by atomic mass is 32.2. The Morgan fingerprint density at radius 2 is 2.36 bits per heavy atom. The van der Waals surface area contributed by atoms with E-state index in [0.29, 0.717) is 12.3 Å². The van der Waals surface area contributed by atoms with Gasteiger partial charge in [-0.15, -0.1) is 11.8 Å². The molecule has 0 aromatic rings. The minimum absolute atomic E-state index is 0.0396. The van der Waals surface area contributed by atoms with Crippen molar-refractivity contribution in [2.45, 2.75) is 19.1 Å². The number of thioether (sulfide) groups is 1. The Kier molecular flexibility index (Phi) is 6.36. The van der Waals surface area contributed by atoms with Crippen LogP contribution in [0.2, 0.25) is 0 Å². The average Bonchev–Trinajstić information content (AvgIpc) is 2.01. The van der Waals surface area contributed by atoms with Gasteiger partial charge in [0.1, 0.15) is 0 Å². The fraction of sp³-hybridized carbons (Fsp3) is 0.857. The SMILES string of the molecule is CCNC(=O)CSC(C)CO. The fourth-order valence-corrected chi connectivity index (χ4v) is 1.16. The molecule has 0 heterocycles. The molecule has 66 valence electrons. The molecule has 0 aromatic carbocycles. The van der Waals surface area contributed by atoms with E-state index in [1.807, 2.05) is 13.8 Å². The van der Waals surface area contributed by atoms with Crippen molar-refractivity contribution in [2.75, 3.05) is 18.9 Å². The van der Waals surface area contributed by atoms with E-state index >= 15 is 0 Å². The van der Waals surface area contributed by atoms with Crippen LogP contribution in [0.3, 0.4) is 0 Å². The third-order valence-corrected chi connectivity index (χ3v) is 2.28. The molecule has 0 fully saturated rings. The Bertz CT molecular complexity index is 119. The molecule has 1 atom stereocenters. The van der Waals surface area contributed by atoms with Crippen LogP contribution in [-0.4, -0.2) is 35.2 Å². The van der Waals surface area contributed by atoms with E-state index in [4.69, 9.17) is 5.11 Å². The predicted octanol–water partition coefficient (Wildman–Crippen LogP) is 0.237. The summed E-state index contributed by atoms with van der Waals surface area (Å²) in [6.45, 7) is 4.58. The summed E-state index contributed by atoms with van der Waals surface area (Å²) in [4.78, 5) is 10.8. The minimum atomic E-state index is 0.0396. The van der Waals surface area contributed by atoms with Crippen molar-refractivity contribution in [3.05, 3.63) is 0 Å². The second-order valence-corrected chi connectivity index (χ2v) is 3.68. The minimum Gasteiger partial charge on any atom is -0.395 e. The molecule has 11 heavy (non-hydrogen) atoms. The summed E-state index contributed by atoms with van der Waals surface area (Å²) in [6.07, 6.45) is 0. The van der Waals surface area contributed by atoms with Gasteiger partial charge in [0.25, 0.3) is 0 Å². The van der Waals surface area contributed by atoms with Gasteiger partial charge in [0, 0.05) is 11.8 Å². The Morgan fingerprint density at radius 1 is 1.73 bits per heavy atom. The second kappa shape index (κ2) is 6.49. The number of aliphatic hydroxyl groups is 1. The van der Waals surface area contributed by atoms with Gasteiger partial charge in [-0.2, -0.15) is 0 Å². The molecule has 0 aromatic heterocycles. The van der Waals surface area contributed by atoms with Crippen molar-refractivity contribution in [1.82, 2.24) is 5.32 Å². The topological polar surface area (TPSA) is 49.3 Å². The zero-order valence-corrected chi connectivity index (χ0v) is 7.78. The Morgan fingerprint density at radius 3 is 2.82 bits per heavy atom. The van der Waals surface area contributed by atoms with Gasteiger partial charge in [-0.05, 0) is 6.92 Å². The first-order valence-electron chi connectivity index (χ1n) is 3.69. The number of hydrogen-bond acceptors (Lipinski definition) is 3. The van der Waals surface area contributed by atoms with Crippen molar-refractivity contribution in [2.24, 2.45) is 0 Å². The number of carbonyl (C=O) groups is 1. The summed E-state index contributed by atoms with van der Waals surface area (Å²) in [5.41, 5.74) is 0. The van der Waals surface area contributed by atoms with Crippen LogP contribution in [0.4, 0.5) is 0 Å². The summed E-state index contributed by atoms with van der Waals surface area (Å²) in [7, 11) is 0. The van der Waals surface area contributed by atoms with E-state index in [0.717, 1.165) is 0 Å². The molecule has 0 aliphatic carbocycles. The molecule has 0 rings (SSSR count). The lowest BCUT2D eigenvalue weighted by molar-refractivity contribution is -0.118. The Labute approximate surface area is 71.6 Å². The average molecular weight is 177 g/mol. The standard InChI is InChI=1S/C7H15NO2S/c1-3-8-7(10)5-11-6(2)4-9/h6,9H,3-5H2,1-2H3,(H,8,10). The van der Waals surface area contributed by atoms with Gasteiger partial charge in [-0.25, -0.2) is 0 Å². The molecule has 0 aliphatic rings. The molecule has 0 saturated carbocycles. The normalized spacial score (nSPS) is 12.6. The molecule has 3 nitrogen and oxygen atoms in total. The van der Waals surface area contributed by atoms with Crippen molar-refractivity contribution >= 4 is 17.7 Å². The van der Waals surface area contributed by atoms with Gasteiger partial charge in [-0.1, -0.05) is 6.92 Å². The van der Waals surface area contributed by atoms with Crippen LogP contribution >= 0.6 is 11.8 Å². The first-order chi connectivity index (χ1) is 5.20. The molecule has 1 unspecified atom stereocenters. The molecule has 4 heteroatoms. The van der Waals surface area contributed by atoms with Crippen molar-refractivity contribution in [1.29, 1.82) is 0 Å². The third-order valence-electron chi connectivity index (χ3n) is 1.13. The molecular formula is C7H15NO2S. The highest BCUT2D eigenvalue weighted by molar-refractivity contribution is 8.00. The third kappa shape index (κ3) is 6.19. The second-order valence-electron chi connectivity index (χ2n) is 2.26. The molecule has 0 spiro atoms. The van der Waals surface area contributed by atoms with E-state index < -0.39 is 0 Å². The lowest BCUT2D eigenvalue weighted by Crippen LogP contribution is -2.25. The summed E-state index contributed by atoms with van der Waals surface area (Å²) >= 11 is 1.46. The first kappa shape index (κ1) is 10.8. The predicted molar refractivity (Wildman–Crippen MR) is 47.7 cm³/mol. The van der Waals surface area contributed by atoms with Crippen LogP contribution in [0.25, 0.3) is 0 Å². The molecule has 1 amide bonds. The summed E-state index contributed by atoms with van der Waals surface area (Å²) in [5, 5.41) is 11.5. The summed E-state index contributed by atoms with van der Waals surface area (Å²) in [6, 6.07) is 0. The van der Waals surface area contributed by atoms with Gasteiger partial charge in [0.2, 0.25) is 5.91 Å². The van der Waals surface area contributed by atoms with E-state index in [9.17, 15) is 4.79 Å². The maximum atomic E-state index is 10.8. The van der Waals surface area contributed by atoms with Crippen LogP contribution in [-0.2, 0) is 4.79 Å². The smallest absolute Gasteiger partial charge is 0.229 e. The van der Waals surface area contributed by atoms with Gasteiger partial charge >= 0.3 is 0 Å². The van der Waals surface area contributed by atoms with Crippen LogP contribution in [0.15, 0.2) is 0 Å². The van der Waals surface area contributed by atoms with Crippen LogP contribution in [0.5, 0.6) is 0 Å². The molecule has 0 bridgehead atoms. The number of carbonyl (C=O) groups excluding carboxylic acids is 1. The number of amides is 1. The monoisotopic (exact) mass is 177 g/mol. The Balaban J connectivity index is 3.30. The van der Waals surface area contributed by atoms with E-state index in [-0.39, 0.29) is 17.8 Å². The van der Waals surface area contributed by atoms with Crippen molar-refractivity contribution in [3.63, 3.8) is 0 Å². The molecule has 0 radical (unpaired) electrons. The molecule has 2 N–H and O–H groups in total. The number of rotatable bonds is 5. The number of aliphatic hydroxyl groups excluding tert-OH is 1.